The Morgan fingerprint density at radius 1 is 1.25 bits per heavy atom. The Labute approximate surface area is 124 Å². The van der Waals surface area contributed by atoms with Gasteiger partial charge in [-0.3, -0.25) is 0 Å². The molecule has 0 saturated heterocycles. The minimum absolute atomic E-state index is 0.441. The summed E-state index contributed by atoms with van der Waals surface area (Å²) in [5.74, 6) is 0.963. The predicted octanol–water partition coefficient (Wildman–Crippen LogP) is 4.70. The smallest absolute Gasteiger partial charge is 0.0405 e. The van der Waals surface area contributed by atoms with E-state index >= 15 is 0 Å². The lowest BCUT2D eigenvalue weighted by Gasteiger charge is -2.19. The Kier molecular flexibility index (Phi) is 7.06. The molecule has 110 valence electrons. The molecule has 0 bridgehead atoms. The monoisotopic (exact) mass is 272 g/mol. The van der Waals surface area contributed by atoms with Gasteiger partial charge in [0.1, 0.15) is 0 Å². The van der Waals surface area contributed by atoms with Gasteiger partial charge in [0.25, 0.3) is 0 Å². The van der Waals surface area contributed by atoms with Crippen LogP contribution in [0.5, 0.6) is 0 Å². The van der Waals surface area contributed by atoms with Crippen LogP contribution >= 0.6 is 0 Å². The molecule has 0 N–H and O–H groups in total. The molecule has 1 rings (SSSR count). The van der Waals surface area contributed by atoms with Crippen LogP contribution in [-0.4, -0.2) is 24.8 Å². The van der Waals surface area contributed by atoms with Crippen molar-refractivity contribution in [1.82, 2.24) is 5.01 Å². The van der Waals surface area contributed by atoms with Crippen LogP contribution in [0.15, 0.2) is 48.1 Å². The molecule has 0 aliphatic rings. The van der Waals surface area contributed by atoms with Crippen LogP contribution in [0, 0.1) is 5.92 Å². The Bertz CT molecular complexity index is 420. The average molecular weight is 272 g/mol. The maximum absolute atomic E-state index is 4.60. The first-order valence-corrected chi connectivity index (χ1v) is 7.50. The molecule has 0 aliphatic carbocycles. The maximum Gasteiger partial charge on any atom is 0.0405 e. The van der Waals surface area contributed by atoms with Crippen LogP contribution in [0.25, 0.3) is 0 Å². The summed E-state index contributed by atoms with van der Waals surface area (Å²) in [7, 11) is 3.97. The summed E-state index contributed by atoms with van der Waals surface area (Å²) in [4.78, 5) is 0. The number of allylic oxidation sites excluding steroid dienone is 1. The molecule has 1 aromatic carbocycles. The molecule has 20 heavy (non-hydrogen) atoms. The zero-order chi connectivity index (χ0) is 15.0. The molecule has 0 fully saturated rings. The number of rotatable bonds is 8. The van der Waals surface area contributed by atoms with E-state index in [0.29, 0.717) is 11.8 Å². The fourth-order valence-electron chi connectivity index (χ4n) is 2.49. The van der Waals surface area contributed by atoms with Crippen molar-refractivity contribution in [1.29, 1.82) is 0 Å². The average Bonchev–Trinajstić information content (AvgIpc) is 2.46. The molecule has 2 unspecified atom stereocenters. The van der Waals surface area contributed by atoms with Crippen LogP contribution in [0.1, 0.15) is 44.6 Å². The van der Waals surface area contributed by atoms with Crippen molar-refractivity contribution in [3.8, 4) is 0 Å². The van der Waals surface area contributed by atoms with Crippen molar-refractivity contribution >= 4 is 5.71 Å². The van der Waals surface area contributed by atoms with Crippen LogP contribution in [-0.2, 0) is 0 Å². The standard InChI is InChI=1S/C18H28N2/c1-6-16(17-11-9-8-10-12-17)14-13-15(3)18(7-2)19-20(4)5/h6,8-12,15-16H,1,7,13-14H2,2-5H3/b19-18-. The van der Waals surface area contributed by atoms with E-state index in [1.807, 2.05) is 19.1 Å². The van der Waals surface area contributed by atoms with E-state index in [1.165, 1.54) is 11.3 Å². The van der Waals surface area contributed by atoms with E-state index in [0.717, 1.165) is 19.3 Å². The highest BCUT2D eigenvalue weighted by molar-refractivity contribution is 5.86. The van der Waals surface area contributed by atoms with Crippen molar-refractivity contribution in [3.05, 3.63) is 48.6 Å². The first-order valence-electron chi connectivity index (χ1n) is 7.50. The van der Waals surface area contributed by atoms with Gasteiger partial charge in [-0.05, 0) is 30.7 Å². The van der Waals surface area contributed by atoms with Gasteiger partial charge < -0.3 is 5.01 Å². The molecule has 2 nitrogen and oxygen atoms in total. The molecule has 0 saturated carbocycles. The molecule has 0 aromatic heterocycles. The van der Waals surface area contributed by atoms with E-state index in [-0.39, 0.29) is 0 Å². The fraction of sp³-hybridized carbons (Fsp3) is 0.500. The highest BCUT2D eigenvalue weighted by Crippen LogP contribution is 2.25. The molecule has 0 heterocycles. The van der Waals surface area contributed by atoms with Crippen molar-refractivity contribution in [3.63, 3.8) is 0 Å². The van der Waals surface area contributed by atoms with Crippen LogP contribution in [0.4, 0.5) is 0 Å². The van der Waals surface area contributed by atoms with E-state index in [9.17, 15) is 0 Å². The summed E-state index contributed by atoms with van der Waals surface area (Å²) < 4.78 is 0. The Morgan fingerprint density at radius 2 is 1.90 bits per heavy atom. The molecular weight excluding hydrogens is 244 g/mol. The Hall–Kier alpha value is -1.57. The number of nitrogens with zero attached hydrogens (tertiary/aromatic N) is 2. The van der Waals surface area contributed by atoms with E-state index in [2.05, 4.69) is 61.9 Å². The first-order chi connectivity index (χ1) is 9.58. The molecule has 0 aliphatic heterocycles. The first kappa shape index (κ1) is 16.5. The second-order valence-corrected chi connectivity index (χ2v) is 5.52. The van der Waals surface area contributed by atoms with Crippen LogP contribution in [0.2, 0.25) is 0 Å². The van der Waals surface area contributed by atoms with Crippen LogP contribution in [0.3, 0.4) is 0 Å². The second-order valence-electron chi connectivity index (χ2n) is 5.52. The molecule has 2 atom stereocenters. The lowest BCUT2D eigenvalue weighted by atomic mass is 9.89. The van der Waals surface area contributed by atoms with Crippen LogP contribution < -0.4 is 0 Å². The Balaban J connectivity index is 2.62. The molecule has 1 aromatic rings. The topological polar surface area (TPSA) is 15.6 Å². The maximum atomic E-state index is 4.60. The van der Waals surface area contributed by atoms with Gasteiger partial charge in [0.05, 0.1) is 0 Å². The zero-order valence-electron chi connectivity index (χ0n) is 13.3. The molecular formula is C18H28N2. The molecule has 0 spiro atoms. The van der Waals surface area contributed by atoms with Gasteiger partial charge in [0, 0.05) is 25.7 Å². The summed E-state index contributed by atoms with van der Waals surface area (Å²) in [6, 6.07) is 10.6. The van der Waals surface area contributed by atoms with Crippen molar-refractivity contribution < 1.29 is 0 Å². The van der Waals surface area contributed by atoms with Gasteiger partial charge in [-0.1, -0.05) is 50.3 Å². The minimum Gasteiger partial charge on any atom is -0.303 e. The van der Waals surface area contributed by atoms with Gasteiger partial charge in [-0.15, -0.1) is 6.58 Å². The lowest BCUT2D eigenvalue weighted by molar-refractivity contribution is 0.428. The summed E-state index contributed by atoms with van der Waals surface area (Å²) in [5, 5.41) is 6.50. The van der Waals surface area contributed by atoms with Gasteiger partial charge in [0.2, 0.25) is 0 Å². The fourth-order valence-corrected chi connectivity index (χ4v) is 2.49. The van der Waals surface area contributed by atoms with Crippen molar-refractivity contribution in [2.24, 2.45) is 11.0 Å². The van der Waals surface area contributed by atoms with Gasteiger partial charge in [-0.25, -0.2) is 0 Å². The van der Waals surface area contributed by atoms with E-state index in [4.69, 9.17) is 0 Å². The molecule has 0 amide bonds. The normalized spacial score (nSPS) is 14.7. The molecule has 0 radical (unpaired) electrons. The Morgan fingerprint density at radius 3 is 2.40 bits per heavy atom. The number of hydrogen-bond donors (Lipinski definition) is 0. The van der Waals surface area contributed by atoms with Gasteiger partial charge in [0.15, 0.2) is 0 Å². The van der Waals surface area contributed by atoms with E-state index in [1.54, 1.807) is 0 Å². The molecule has 2 heteroatoms. The number of hydrogen-bond acceptors (Lipinski definition) is 2. The summed E-state index contributed by atoms with van der Waals surface area (Å²) in [5.41, 5.74) is 2.64. The van der Waals surface area contributed by atoms with Gasteiger partial charge in [-0.2, -0.15) is 5.10 Å². The second kappa shape index (κ2) is 8.57. The largest absolute Gasteiger partial charge is 0.303 e. The SMILES string of the molecule is C=CC(CCC(C)/C(CC)=N\N(C)C)c1ccccc1. The number of benzene rings is 1. The summed E-state index contributed by atoms with van der Waals surface area (Å²) in [6.45, 7) is 8.45. The third-order valence-corrected chi connectivity index (χ3v) is 3.68. The van der Waals surface area contributed by atoms with Crippen molar-refractivity contribution in [2.75, 3.05) is 14.1 Å². The highest BCUT2D eigenvalue weighted by atomic mass is 15.4. The zero-order valence-corrected chi connectivity index (χ0v) is 13.3. The van der Waals surface area contributed by atoms with Gasteiger partial charge >= 0.3 is 0 Å². The quantitative estimate of drug-likeness (QED) is 0.380. The third-order valence-electron chi connectivity index (χ3n) is 3.68. The van der Waals surface area contributed by atoms with Crippen molar-refractivity contribution in [2.45, 2.75) is 39.0 Å². The van der Waals surface area contributed by atoms with E-state index < -0.39 is 0 Å². The highest BCUT2D eigenvalue weighted by Gasteiger charge is 2.13. The number of hydrazone groups is 1. The predicted molar refractivity (Wildman–Crippen MR) is 89.2 cm³/mol. The summed E-state index contributed by atoms with van der Waals surface area (Å²) in [6.07, 6.45) is 5.35. The lowest BCUT2D eigenvalue weighted by Crippen LogP contribution is -2.16. The summed E-state index contributed by atoms with van der Waals surface area (Å²) >= 11 is 0. The third kappa shape index (κ3) is 5.20. The minimum atomic E-state index is 0.441.